The third-order valence-corrected chi connectivity index (χ3v) is 6.14. The minimum atomic E-state index is 0.0166. The maximum atomic E-state index is 12.8. The Morgan fingerprint density at radius 3 is 2.64 bits per heavy atom. The van der Waals surface area contributed by atoms with E-state index >= 15 is 0 Å². The number of amides is 1. The van der Waals surface area contributed by atoms with Gasteiger partial charge < -0.3 is 9.80 Å². The summed E-state index contributed by atoms with van der Waals surface area (Å²) in [4.78, 5) is 16.8. The lowest BCUT2D eigenvalue weighted by atomic mass is 9.85. The fourth-order valence-electron chi connectivity index (χ4n) is 3.98. The van der Waals surface area contributed by atoms with Crippen molar-refractivity contribution >= 4 is 17.4 Å². The molecule has 1 N–H and O–H groups in total. The smallest absolute Gasteiger partial charge is 0.257 e. The summed E-state index contributed by atoms with van der Waals surface area (Å²) >= 11 is 0. The number of aryl methyl sites for hydroxylation is 2. The molecule has 1 aliphatic heterocycles. The predicted octanol–water partition coefficient (Wildman–Crippen LogP) is 1.69. The van der Waals surface area contributed by atoms with E-state index in [2.05, 4.69) is 25.3 Å². The highest BCUT2D eigenvalue weighted by atomic mass is 16.2. The maximum Gasteiger partial charge on any atom is 0.257 e. The Morgan fingerprint density at radius 2 is 2.00 bits per heavy atom. The van der Waals surface area contributed by atoms with Crippen LogP contribution < -0.4 is 4.90 Å². The molecule has 5 rings (SSSR count). The summed E-state index contributed by atoms with van der Waals surface area (Å²) in [6.07, 6.45) is 3.58. The molecule has 3 aromatic rings. The Hall–Kier alpha value is -2.97. The van der Waals surface area contributed by atoms with Crippen LogP contribution in [0.2, 0.25) is 0 Å². The zero-order valence-corrected chi connectivity index (χ0v) is 16.4. The number of anilines is 1. The van der Waals surface area contributed by atoms with Crippen molar-refractivity contribution in [3.8, 4) is 0 Å². The first-order chi connectivity index (χ1) is 13.5. The van der Waals surface area contributed by atoms with Gasteiger partial charge in [-0.1, -0.05) is 6.42 Å². The molecule has 1 amide bonds. The summed E-state index contributed by atoms with van der Waals surface area (Å²) in [7, 11) is 1.86. The molecule has 2 aliphatic rings. The Labute approximate surface area is 162 Å². The van der Waals surface area contributed by atoms with E-state index in [1.807, 2.05) is 42.4 Å². The second-order valence-electron chi connectivity index (χ2n) is 7.93. The number of hydrogen-bond donors (Lipinski definition) is 1. The second kappa shape index (κ2) is 6.29. The first-order valence-corrected chi connectivity index (χ1v) is 9.79. The van der Waals surface area contributed by atoms with Gasteiger partial charge in [0.2, 0.25) is 0 Å². The number of carbonyl (C=O) groups is 1. The maximum absolute atomic E-state index is 12.8. The zero-order chi connectivity index (χ0) is 19.4. The van der Waals surface area contributed by atoms with E-state index in [4.69, 9.17) is 5.10 Å². The number of aromatic amines is 1. The number of likely N-dealkylation sites (N-methyl/N-ethyl adjacent to an activating group) is 1. The van der Waals surface area contributed by atoms with Gasteiger partial charge >= 0.3 is 0 Å². The third kappa shape index (κ3) is 2.56. The minimum absolute atomic E-state index is 0.0166. The number of fused-ring (bicyclic) bond motifs is 1. The fourth-order valence-corrected chi connectivity index (χ4v) is 3.98. The van der Waals surface area contributed by atoms with Crippen molar-refractivity contribution in [3.63, 3.8) is 0 Å². The number of rotatable bonds is 4. The molecule has 146 valence electrons. The molecule has 2 fully saturated rings. The topological polar surface area (TPSA) is 95.3 Å². The number of nitrogens with zero attached hydrogens (tertiary/aromatic N) is 7. The molecule has 0 radical (unpaired) electrons. The number of nitrogens with one attached hydrogen (secondary N) is 1. The van der Waals surface area contributed by atoms with Crippen LogP contribution in [-0.2, 0) is 0 Å². The van der Waals surface area contributed by atoms with Gasteiger partial charge in [0.15, 0.2) is 11.5 Å². The number of aromatic nitrogens is 6. The Kier molecular flexibility index (Phi) is 3.85. The molecule has 0 aromatic carbocycles. The summed E-state index contributed by atoms with van der Waals surface area (Å²) in [5.41, 5.74) is 3.03. The lowest BCUT2D eigenvalue weighted by Gasteiger charge is -2.44. The van der Waals surface area contributed by atoms with Crippen molar-refractivity contribution in [2.75, 3.05) is 25.0 Å². The van der Waals surface area contributed by atoms with E-state index in [0.717, 1.165) is 54.6 Å². The van der Waals surface area contributed by atoms with Crippen LogP contribution in [0.25, 0.3) is 5.65 Å². The highest BCUT2D eigenvalue weighted by molar-refractivity contribution is 5.96. The molecule has 1 aliphatic carbocycles. The second-order valence-corrected chi connectivity index (χ2v) is 7.93. The predicted molar refractivity (Wildman–Crippen MR) is 104 cm³/mol. The fraction of sp³-hybridized carbons (Fsp3) is 0.526. The Balaban J connectivity index is 1.30. The first-order valence-electron chi connectivity index (χ1n) is 9.79. The standard InChI is InChI=1S/C19H24N8O/c1-11-17(12(2)21-20-11)19(28)25(3)14-9-26(10-14)16-8-7-15-22-23-18(27(15)24-16)13-5-4-6-13/h7-8,13-14H,4-6,9-10H2,1-3H3,(H,20,21). The minimum Gasteiger partial charge on any atom is -0.351 e. The molecule has 1 saturated heterocycles. The van der Waals surface area contributed by atoms with Gasteiger partial charge in [0.1, 0.15) is 5.82 Å². The van der Waals surface area contributed by atoms with Crippen molar-refractivity contribution in [2.45, 2.75) is 45.1 Å². The van der Waals surface area contributed by atoms with E-state index in [1.54, 1.807) is 0 Å². The molecule has 9 nitrogen and oxygen atoms in total. The molecule has 0 bridgehead atoms. The summed E-state index contributed by atoms with van der Waals surface area (Å²) in [6, 6.07) is 4.11. The molecule has 0 atom stereocenters. The summed E-state index contributed by atoms with van der Waals surface area (Å²) < 4.78 is 1.89. The first kappa shape index (κ1) is 17.2. The molecule has 0 spiro atoms. The monoisotopic (exact) mass is 380 g/mol. The van der Waals surface area contributed by atoms with Crippen LogP contribution in [0.15, 0.2) is 12.1 Å². The largest absolute Gasteiger partial charge is 0.351 e. The van der Waals surface area contributed by atoms with E-state index in [0.29, 0.717) is 11.5 Å². The molecule has 1 saturated carbocycles. The highest BCUT2D eigenvalue weighted by Gasteiger charge is 2.35. The van der Waals surface area contributed by atoms with Crippen molar-refractivity contribution in [2.24, 2.45) is 0 Å². The highest BCUT2D eigenvalue weighted by Crippen LogP contribution is 2.35. The van der Waals surface area contributed by atoms with Crippen LogP contribution in [0.4, 0.5) is 5.82 Å². The summed E-state index contributed by atoms with van der Waals surface area (Å²) in [5, 5.41) is 20.4. The van der Waals surface area contributed by atoms with Crippen molar-refractivity contribution in [1.29, 1.82) is 0 Å². The van der Waals surface area contributed by atoms with Gasteiger partial charge in [-0.15, -0.1) is 15.3 Å². The van der Waals surface area contributed by atoms with E-state index in [1.165, 1.54) is 6.42 Å². The SMILES string of the molecule is Cc1n[nH]c(C)c1C(=O)N(C)C1CN(c2ccc3nnc(C4CCC4)n3n2)C1. The average molecular weight is 380 g/mol. The Bertz CT molecular complexity index is 1020. The molecule has 28 heavy (non-hydrogen) atoms. The van der Waals surface area contributed by atoms with E-state index in [9.17, 15) is 4.79 Å². The lowest BCUT2D eigenvalue weighted by Crippen LogP contribution is -2.60. The van der Waals surface area contributed by atoms with Crippen molar-refractivity contribution < 1.29 is 4.79 Å². The molecular formula is C19H24N8O. The molecule has 4 heterocycles. The van der Waals surface area contributed by atoms with Gasteiger partial charge in [0, 0.05) is 31.7 Å². The van der Waals surface area contributed by atoms with Crippen LogP contribution in [0.5, 0.6) is 0 Å². The number of H-pyrrole nitrogens is 1. The zero-order valence-electron chi connectivity index (χ0n) is 16.4. The molecular weight excluding hydrogens is 356 g/mol. The normalized spacial score (nSPS) is 17.6. The van der Waals surface area contributed by atoms with Crippen LogP contribution in [0.1, 0.15) is 52.8 Å². The summed E-state index contributed by atoms with van der Waals surface area (Å²) in [5.74, 6) is 2.37. The number of hydrogen-bond acceptors (Lipinski definition) is 6. The van der Waals surface area contributed by atoms with Crippen LogP contribution in [0.3, 0.4) is 0 Å². The summed E-state index contributed by atoms with van der Waals surface area (Å²) in [6.45, 7) is 5.26. The van der Waals surface area contributed by atoms with Gasteiger partial charge in [0.05, 0.1) is 17.3 Å². The van der Waals surface area contributed by atoms with E-state index < -0.39 is 0 Å². The van der Waals surface area contributed by atoms with Gasteiger partial charge in [-0.05, 0) is 38.8 Å². The van der Waals surface area contributed by atoms with E-state index in [-0.39, 0.29) is 11.9 Å². The molecule has 3 aromatic heterocycles. The van der Waals surface area contributed by atoms with Crippen molar-refractivity contribution in [1.82, 2.24) is 34.9 Å². The Morgan fingerprint density at radius 1 is 1.21 bits per heavy atom. The van der Waals surface area contributed by atoms with Gasteiger partial charge in [0.25, 0.3) is 5.91 Å². The van der Waals surface area contributed by atoms with Crippen LogP contribution in [0, 0.1) is 13.8 Å². The van der Waals surface area contributed by atoms with Crippen molar-refractivity contribution in [3.05, 3.63) is 34.9 Å². The quantitative estimate of drug-likeness (QED) is 0.740. The molecule has 9 heteroatoms. The van der Waals surface area contributed by atoms with Gasteiger partial charge in [-0.3, -0.25) is 9.89 Å². The van der Waals surface area contributed by atoms with Gasteiger partial charge in [-0.2, -0.15) is 9.61 Å². The van der Waals surface area contributed by atoms with Gasteiger partial charge in [-0.25, -0.2) is 0 Å². The van der Waals surface area contributed by atoms with Crippen LogP contribution >= 0.6 is 0 Å². The third-order valence-electron chi connectivity index (χ3n) is 6.14. The molecule has 0 unspecified atom stereocenters. The van der Waals surface area contributed by atoms with Crippen LogP contribution in [-0.4, -0.2) is 67.0 Å². The lowest BCUT2D eigenvalue weighted by molar-refractivity contribution is 0.0703. The number of carbonyl (C=O) groups excluding carboxylic acids is 1. The average Bonchev–Trinajstić information content (AvgIpc) is 3.15.